The van der Waals surface area contributed by atoms with Crippen molar-refractivity contribution >= 4 is 16.8 Å². The Hall–Kier alpha value is -3.81. The highest BCUT2D eigenvalue weighted by molar-refractivity contribution is 5.83. The van der Waals surface area contributed by atoms with E-state index in [1.165, 1.54) is 12.1 Å². The number of para-hydroxylation sites is 1. The number of amides is 1. The lowest BCUT2D eigenvalue weighted by Crippen LogP contribution is -2.34. The van der Waals surface area contributed by atoms with E-state index in [-0.39, 0.29) is 30.4 Å². The number of hydrogen-bond acceptors (Lipinski definition) is 4. The normalized spacial score (nSPS) is 11.0. The summed E-state index contributed by atoms with van der Waals surface area (Å²) >= 11 is 0. The molecule has 0 aliphatic rings. The number of aromatic nitrogens is 4. The molecule has 2 heterocycles. The van der Waals surface area contributed by atoms with Crippen molar-refractivity contribution in [3.63, 3.8) is 0 Å². The van der Waals surface area contributed by atoms with E-state index in [1.807, 2.05) is 37.3 Å². The van der Waals surface area contributed by atoms with E-state index in [4.69, 9.17) is 0 Å². The van der Waals surface area contributed by atoms with Crippen LogP contribution >= 0.6 is 0 Å². The molecular weight excluding hydrogens is 385 g/mol. The molecule has 0 atom stereocenters. The summed E-state index contributed by atoms with van der Waals surface area (Å²) in [6, 6.07) is 15.5. The zero-order chi connectivity index (χ0) is 21.3. The van der Waals surface area contributed by atoms with Crippen LogP contribution in [0.25, 0.3) is 16.6 Å². The number of nitrogens with zero attached hydrogens (tertiary/aromatic N) is 4. The maximum atomic E-state index is 13.3. The van der Waals surface area contributed by atoms with Gasteiger partial charge in [-0.15, -0.1) is 0 Å². The van der Waals surface area contributed by atoms with Crippen molar-refractivity contribution in [2.24, 2.45) is 0 Å². The van der Waals surface area contributed by atoms with Gasteiger partial charge in [0.15, 0.2) is 0 Å². The van der Waals surface area contributed by atoms with Crippen molar-refractivity contribution in [1.29, 1.82) is 0 Å². The Morgan fingerprint density at radius 3 is 2.57 bits per heavy atom. The zero-order valence-electron chi connectivity index (χ0n) is 16.6. The molecule has 1 amide bonds. The summed E-state index contributed by atoms with van der Waals surface area (Å²) in [5, 5.41) is 11.9. The third-order valence-electron chi connectivity index (χ3n) is 4.85. The lowest BCUT2D eigenvalue weighted by Gasteiger charge is -2.08. The molecule has 152 valence electrons. The van der Waals surface area contributed by atoms with Crippen LogP contribution in [0.2, 0.25) is 0 Å². The SMILES string of the molecule is Cc1nn(CC(=O)NCc2cccc(F)c2)c(=O)c2c(C)n(-c3ccccc3)nc12. The first-order chi connectivity index (χ1) is 14.4. The van der Waals surface area contributed by atoms with Gasteiger partial charge in [-0.3, -0.25) is 9.59 Å². The first kappa shape index (κ1) is 19.5. The Balaban J connectivity index is 1.62. The number of fused-ring (bicyclic) bond motifs is 1. The van der Waals surface area contributed by atoms with Crippen LogP contribution < -0.4 is 10.9 Å². The molecule has 7 nitrogen and oxygen atoms in total. The molecule has 0 fully saturated rings. The molecule has 0 spiro atoms. The second-order valence-corrected chi connectivity index (χ2v) is 7.01. The minimum atomic E-state index is -0.388. The monoisotopic (exact) mass is 405 g/mol. The average Bonchev–Trinajstić information content (AvgIpc) is 3.09. The van der Waals surface area contributed by atoms with Crippen LogP contribution in [0.3, 0.4) is 0 Å². The second kappa shape index (κ2) is 7.90. The van der Waals surface area contributed by atoms with Crippen LogP contribution in [0.15, 0.2) is 59.4 Å². The molecule has 4 rings (SSSR count). The Kier molecular flexibility index (Phi) is 5.14. The number of carbonyl (C=O) groups is 1. The topological polar surface area (TPSA) is 81.8 Å². The summed E-state index contributed by atoms with van der Waals surface area (Å²) in [6.45, 7) is 3.50. The Bertz CT molecular complexity index is 1290. The molecule has 0 saturated carbocycles. The Morgan fingerprint density at radius 2 is 1.83 bits per heavy atom. The van der Waals surface area contributed by atoms with Crippen LogP contribution in [0.1, 0.15) is 17.0 Å². The third-order valence-corrected chi connectivity index (χ3v) is 4.85. The fourth-order valence-corrected chi connectivity index (χ4v) is 3.38. The predicted octanol–water partition coefficient (Wildman–Crippen LogP) is 2.65. The summed E-state index contributed by atoms with van der Waals surface area (Å²) in [5.41, 5.74) is 2.84. The number of halogens is 1. The number of nitrogens with one attached hydrogen (secondary N) is 1. The molecule has 2 aromatic heterocycles. The van der Waals surface area contributed by atoms with Crippen LogP contribution in [-0.2, 0) is 17.9 Å². The van der Waals surface area contributed by atoms with Crippen LogP contribution in [-0.4, -0.2) is 25.5 Å². The second-order valence-electron chi connectivity index (χ2n) is 7.01. The molecule has 0 saturated heterocycles. The van der Waals surface area contributed by atoms with Gasteiger partial charge in [-0.25, -0.2) is 13.8 Å². The number of benzene rings is 2. The van der Waals surface area contributed by atoms with E-state index in [0.29, 0.717) is 27.9 Å². The van der Waals surface area contributed by atoms with Crippen LogP contribution in [0.4, 0.5) is 4.39 Å². The molecule has 0 unspecified atom stereocenters. The Labute approximate surface area is 171 Å². The first-order valence-corrected chi connectivity index (χ1v) is 9.47. The minimum absolute atomic E-state index is 0.164. The maximum absolute atomic E-state index is 13.3. The highest BCUT2D eigenvalue weighted by atomic mass is 19.1. The molecule has 0 aliphatic carbocycles. The maximum Gasteiger partial charge on any atom is 0.278 e. The van der Waals surface area contributed by atoms with Gasteiger partial charge < -0.3 is 5.32 Å². The van der Waals surface area contributed by atoms with Crippen molar-refractivity contribution in [3.05, 3.63) is 87.7 Å². The van der Waals surface area contributed by atoms with Gasteiger partial charge in [0.1, 0.15) is 17.9 Å². The standard InChI is InChI=1S/C22H20FN5O2/c1-14-21-20(15(2)28(26-21)18-9-4-3-5-10-18)22(30)27(25-14)13-19(29)24-12-16-7-6-8-17(23)11-16/h3-11H,12-13H2,1-2H3,(H,24,29). The molecule has 8 heteroatoms. The zero-order valence-corrected chi connectivity index (χ0v) is 16.6. The number of rotatable bonds is 5. The molecule has 0 bridgehead atoms. The van der Waals surface area contributed by atoms with Crippen molar-refractivity contribution < 1.29 is 9.18 Å². The van der Waals surface area contributed by atoms with Crippen molar-refractivity contribution in [3.8, 4) is 5.69 Å². The quantitative estimate of drug-likeness (QED) is 0.554. The molecule has 0 radical (unpaired) electrons. The van der Waals surface area contributed by atoms with Gasteiger partial charge in [-0.05, 0) is 43.7 Å². The molecule has 4 aromatic rings. The van der Waals surface area contributed by atoms with Crippen molar-refractivity contribution in [2.45, 2.75) is 26.9 Å². The number of aryl methyl sites for hydroxylation is 2. The first-order valence-electron chi connectivity index (χ1n) is 9.47. The minimum Gasteiger partial charge on any atom is -0.350 e. The smallest absolute Gasteiger partial charge is 0.278 e. The van der Waals surface area contributed by atoms with Gasteiger partial charge in [0.2, 0.25) is 5.91 Å². The summed E-state index contributed by atoms with van der Waals surface area (Å²) in [4.78, 5) is 25.4. The van der Waals surface area contributed by atoms with Crippen molar-refractivity contribution in [1.82, 2.24) is 24.9 Å². The fourth-order valence-electron chi connectivity index (χ4n) is 3.38. The number of hydrogen-bond donors (Lipinski definition) is 1. The van der Waals surface area contributed by atoms with E-state index in [0.717, 1.165) is 10.4 Å². The molecule has 0 aliphatic heterocycles. The van der Waals surface area contributed by atoms with Crippen LogP contribution in [0, 0.1) is 19.7 Å². The average molecular weight is 405 g/mol. The fraction of sp³-hybridized carbons (Fsp3) is 0.182. The third kappa shape index (κ3) is 3.71. The van der Waals surface area contributed by atoms with E-state index in [1.54, 1.807) is 23.7 Å². The van der Waals surface area contributed by atoms with Gasteiger partial charge in [0.05, 0.1) is 22.5 Å². The van der Waals surface area contributed by atoms with Gasteiger partial charge in [0.25, 0.3) is 5.56 Å². The lowest BCUT2D eigenvalue weighted by molar-refractivity contribution is -0.122. The van der Waals surface area contributed by atoms with Crippen LogP contribution in [0.5, 0.6) is 0 Å². The Morgan fingerprint density at radius 1 is 1.07 bits per heavy atom. The van der Waals surface area contributed by atoms with Gasteiger partial charge >= 0.3 is 0 Å². The van der Waals surface area contributed by atoms with E-state index in [9.17, 15) is 14.0 Å². The van der Waals surface area contributed by atoms with Gasteiger partial charge in [-0.2, -0.15) is 10.2 Å². The lowest BCUT2D eigenvalue weighted by atomic mass is 10.2. The summed E-state index contributed by atoms with van der Waals surface area (Å²) < 4.78 is 16.1. The highest BCUT2D eigenvalue weighted by Crippen LogP contribution is 2.19. The predicted molar refractivity (Wildman–Crippen MR) is 111 cm³/mol. The molecular formula is C22H20FN5O2. The van der Waals surface area contributed by atoms with Gasteiger partial charge in [0, 0.05) is 6.54 Å². The van der Waals surface area contributed by atoms with E-state index in [2.05, 4.69) is 15.5 Å². The highest BCUT2D eigenvalue weighted by Gasteiger charge is 2.18. The summed E-state index contributed by atoms with van der Waals surface area (Å²) in [6.07, 6.45) is 0. The van der Waals surface area contributed by atoms with Gasteiger partial charge in [-0.1, -0.05) is 30.3 Å². The summed E-state index contributed by atoms with van der Waals surface area (Å²) in [5.74, 6) is -0.757. The summed E-state index contributed by atoms with van der Waals surface area (Å²) in [7, 11) is 0. The van der Waals surface area contributed by atoms with Crippen molar-refractivity contribution in [2.75, 3.05) is 0 Å². The number of carbonyl (C=O) groups excluding carboxylic acids is 1. The van der Waals surface area contributed by atoms with E-state index >= 15 is 0 Å². The molecule has 1 N–H and O–H groups in total. The molecule has 2 aromatic carbocycles. The van der Waals surface area contributed by atoms with E-state index < -0.39 is 0 Å². The molecule has 30 heavy (non-hydrogen) atoms. The largest absolute Gasteiger partial charge is 0.350 e.